The minimum Gasteiger partial charge on any atom is -0.299 e. The summed E-state index contributed by atoms with van der Waals surface area (Å²) in [5.41, 5.74) is 0. The number of ketones is 1. The van der Waals surface area contributed by atoms with Gasteiger partial charge in [0, 0.05) is 50.6 Å². The molecule has 3 rings (SSSR count). The monoisotopic (exact) mass is 222 g/mol. The largest absolute Gasteiger partial charge is 0.299 e. The molecular formula is C13H22N2O. The molecule has 2 atom stereocenters. The molecule has 3 fully saturated rings. The fourth-order valence-corrected chi connectivity index (χ4v) is 3.21. The van der Waals surface area contributed by atoms with Crippen LogP contribution in [0.15, 0.2) is 0 Å². The highest BCUT2D eigenvalue weighted by Crippen LogP contribution is 2.31. The second-order valence-electron chi connectivity index (χ2n) is 5.78. The summed E-state index contributed by atoms with van der Waals surface area (Å²) in [7, 11) is 0. The SMILES string of the molecule is CC1CN(C2CCN(C3CC3)C2)CCC1=O. The molecule has 0 bridgehead atoms. The fourth-order valence-electron chi connectivity index (χ4n) is 3.21. The molecule has 0 N–H and O–H groups in total. The maximum Gasteiger partial charge on any atom is 0.138 e. The molecule has 90 valence electrons. The van der Waals surface area contributed by atoms with Crippen molar-refractivity contribution in [1.82, 2.24) is 9.80 Å². The number of carbonyl (C=O) groups is 1. The molecule has 0 aromatic heterocycles. The first kappa shape index (κ1) is 10.7. The number of nitrogens with zero attached hydrogens (tertiary/aromatic N) is 2. The Kier molecular flexibility index (Phi) is 2.76. The molecule has 3 aliphatic rings. The van der Waals surface area contributed by atoms with Crippen molar-refractivity contribution < 1.29 is 4.79 Å². The highest BCUT2D eigenvalue weighted by Gasteiger charge is 2.37. The van der Waals surface area contributed by atoms with Crippen molar-refractivity contribution in [2.75, 3.05) is 26.2 Å². The number of hydrogen-bond acceptors (Lipinski definition) is 3. The number of Topliss-reactive ketones (excluding diaryl/α,β-unsaturated/α-hetero) is 1. The molecule has 2 aliphatic heterocycles. The minimum atomic E-state index is 0.267. The van der Waals surface area contributed by atoms with E-state index < -0.39 is 0 Å². The molecule has 1 saturated carbocycles. The van der Waals surface area contributed by atoms with Crippen molar-refractivity contribution in [3.05, 3.63) is 0 Å². The zero-order valence-corrected chi connectivity index (χ0v) is 10.2. The molecule has 0 amide bonds. The van der Waals surface area contributed by atoms with Gasteiger partial charge < -0.3 is 0 Å². The molecule has 2 saturated heterocycles. The van der Waals surface area contributed by atoms with Crippen LogP contribution < -0.4 is 0 Å². The summed E-state index contributed by atoms with van der Waals surface area (Å²) in [6.07, 6.45) is 4.93. The first-order chi connectivity index (χ1) is 7.74. The van der Waals surface area contributed by atoms with Gasteiger partial charge in [-0.15, -0.1) is 0 Å². The molecule has 1 aliphatic carbocycles. The van der Waals surface area contributed by atoms with Crippen LogP contribution in [0.5, 0.6) is 0 Å². The van der Waals surface area contributed by atoms with Crippen molar-refractivity contribution in [3.63, 3.8) is 0 Å². The van der Waals surface area contributed by atoms with Gasteiger partial charge in [-0.05, 0) is 19.3 Å². The van der Waals surface area contributed by atoms with E-state index in [-0.39, 0.29) is 5.92 Å². The van der Waals surface area contributed by atoms with Crippen LogP contribution in [-0.4, -0.2) is 53.8 Å². The van der Waals surface area contributed by atoms with E-state index in [9.17, 15) is 4.79 Å². The van der Waals surface area contributed by atoms with Gasteiger partial charge in [0.25, 0.3) is 0 Å². The summed E-state index contributed by atoms with van der Waals surface area (Å²) in [5, 5.41) is 0. The zero-order valence-electron chi connectivity index (χ0n) is 10.2. The number of carbonyl (C=O) groups excluding carboxylic acids is 1. The lowest BCUT2D eigenvalue weighted by Crippen LogP contribution is -2.46. The van der Waals surface area contributed by atoms with E-state index in [1.165, 1.54) is 32.4 Å². The summed E-state index contributed by atoms with van der Waals surface area (Å²) >= 11 is 0. The molecule has 0 aromatic carbocycles. The summed E-state index contributed by atoms with van der Waals surface area (Å²) in [5.74, 6) is 0.733. The lowest BCUT2D eigenvalue weighted by molar-refractivity contribution is -0.126. The Bertz CT molecular complexity index is 288. The number of piperidine rings is 1. The van der Waals surface area contributed by atoms with E-state index in [2.05, 4.69) is 16.7 Å². The molecule has 2 heterocycles. The average molecular weight is 222 g/mol. The Labute approximate surface area is 97.8 Å². The van der Waals surface area contributed by atoms with Crippen LogP contribution in [0.4, 0.5) is 0 Å². The molecular weight excluding hydrogens is 200 g/mol. The van der Waals surface area contributed by atoms with Gasteiger partial charge in [-0.2, -0.15) is 0 Å². The molecule has 0 spiro atoms. The first-order valence-corrected chi connectivity index (χ1v) is 6.75. The van der Waals surface area contributed by atoms with Crippen LogP contribution in [0.2, 0.25) is 0 Å². The van der Waals surface area contributed by atoms with Gasteiger partial charge in [-0.3, -0.25) is 14.6 Å². The summed E-state index contributed by atoms with van der Waals surface area (Å²) in [6.45, 7) is 6.64. The van der Waals surface area contributed by atoms with Crippen molar-refractivity contribution in [3.8, 4) is 0 Å². The highest BCUT2D eigenvalue weighted by atomic mass is 16.1. The zero-order chi connectivity index (χ0) is 11.1. The third kappa shape index (κ3) is 2.03. The third-order valence-corrected chi connectivity index (χ3v) is 4.48. The van der Waals surface area contributed by atoms with Crippen LogP contribution in [-0.2, 0) is 4.79 Å². The molecule has 3 nitrogen and oxygen atoms in total. The molecule has 16 heavy (non-hydrogen) atoms. The quantitative estimate of drug-likeness (QED) is 0.700. The molecule has 2 unspecified atom stereocenters. The lowest BCUT2D eigenvalue weighted by atomic mass is 9.97. The van der Waals surface area contributed by atoms with Gasteiger partial charge in [-0.1, -0.05) is 6.92 Å². The van der Waals surface area contributed by atoms with Crippen LogP contribution in [0, 0.1) is 5.92 Å². The van der Waals surface area contributed by atoms with Crippen molar-refractivity contribution in [2.45, 2.75) is 44.7 Å². The number of hydrogen-bond donors (Lipinski definition) is 0. The predicted octanol–water partition coefficient (Wildman–Crippen LogP) is 1.13. The van der Waals surface area contributed by atoms with E-state index in [1.54, 1.807) is 0 Å². The summed E-state index contributed by atoms with van der Waals surface area (Å²) in [4.78, 5) is 16.7. The van der Waals surface area contributed by atoms with Gasteiger partial charge in [0.2, 0.25) is 0 Å². The van der Waals surface area contributed by atoms with Gasteiger partial charge in [-0.25, -0.2) is 0 Å². The van der Waals surface area contributed by atoms with Crippen LogP contribution >= 0.6 is 0 Å². The van der Waals surface area contributed by atoms with E-state index >= 15 is 0 Å². The molecule has 0 aromatic rings. The number of rotatable bonds is 2. The van der Waals surface area contributed by atoms with E-state index in [0.717, 1.165) is 31.6 Å². The number of likely N-dealkylation sites (tertiary alicyclic amines) is 2. The van der Waals surface area contributed by atoms with Crippen LogP contribution in [0.1, 0.15) is 32.6 Å². The predicted molar refractivity (Wildman–Crippen MR) is 63.4 cm³/mol. The Morgan fingerprint density at radius 3 is 2.44 bits per heavy atom. The highest BCUT2D eigenvalue weighted by molar-refractivity contribution is 5.81. The van der Waals surface area contributed by atoms with E-state index in [1.807, 2.05) is 0 Å². The van der Waals surface area contributed by atoms with Crippen molar-refractivity contribution >= 4 is 5.78 Å². The van der Waals surface area contributed by atoms with Crippen molar-refractivity contribution in [2.24, 2.45) is 5.92 Å². The molecule has 3 heteroatoms. The fraction of sp³-hybridized carbons (Fsp3) is 0.923. The Morgan fingerprint density at radius 2 is 1.75 bits per heavy atom. The first-order valence-electron chi connectivity index (χ1n) is 6.75. The topological polar surface area (TPSA) is 23.6 Å². The summed E-state index contributed by atoms with van der Waals surface area (Å²) in [6, 6.07) is 1.64. The smallest absolute Gasteiger partial charge is 0.138 e. The summed E-state index contributed by atoms with van der Waals surface area (Å²) < 4.78 is 0. The van der Waals surface area contributed by atoms with Gasteiger partial charge in [0.05, 0.1) is 0 Å². The Hall–Kier alpha value is -0.410. The Morgan fingerprint density at radius 1 is 1.00 bits per heavy atom. The van der Waals surface area contributed by atoms with Crippen LogP contribution in [0.3, 0.4) is 0 Å². The van der Waals surface area contributed by atoms with Gasteiger partial charge >= 0.3 is 0 Å². The molecule has 0 radical (unpaired) electrons. The maximum atomic E-state index is 11.5. The van der Waals surface area contributed by atoms with E-state index in [0.29, 0.717) is 5.78 Å². The van der Waals surface area contributed by atoms with Crippen LogP contribution in [0.25, 0.3) is 0 Å². The van der Waals surface area contributed by atoms with Gasteiger partial charge in [0.1, 0.15) is 5.78 Å². The second kappa shape index (κ2) is 4.11. The maximum absolute atomic E-state index is 11.5. The van der Waals surface area contributed by atoms with E-state index in [4.69, 9.17) is 0 Å². The normalized spacial score (nSPS) is 38.2. The standard InChI is InChI=1S/C13H22N2O/c1-10-8-14(7-5-13(10)16)12-4-6-15(9-12)11-2-3-11/h10-12H,2-9H2,1H3. The minimum absolute atomic E-state index is 0.267. The lowest BCUT2D eigenvalue weighted by Gasteiger charge is -2.34. The average Bonchev–Trinajstić information content (AvgIpc) is 3.01. The van der Waals surface area contributed by atoms with Gasteiger partial charge in [0.15, 0.2) is 0 Å². The third-order valence-electron chi connectivity index (χ3n) is 4.48. The van der Waals surface area contributed by atoms with Crippen molar-refractivity contribution in [1.29, 1.82) is 0 Å². The Balaban J connectivity index is 1.55. The second-order valence-corrected chi connectivity index (χ2v) is 5.78.